The van der Waals surface area contributed by atoms with Crippen LogP contribution in [-0.4, -0.2) is 21.2 Å². The van der Waals surface area contributed by atoms with Crippen molar-refractivity contribution in [2.75, 3.05) is 5.75 Å². The van der Waals surface area contributed by atoms with Crippen LogP contribution in [-0.2, 0) is 10.5 Å². The van der Waals surface area contributed by atoms with Crippen molar-refractivity contribution in [1.82, 2.24) is 0 Å². The number of hydrogen-bond donors (Lipinski definition) is 1. The predicted molar refractivity (Wildman–Crippen MR) is 77.2 cm³/mol. The highest BCUT2D eigenvalue weighted by atomic mass is 79.9. The molecule has 17 heavy (non-hydrogen) atoms. The molecule has 0 amide bonds. The number of carboxylic acid groups (broad SMARTS) is 1. The Balaban J connectivity index is 2.29. The number of aliphatic carboxylic acids is 1. The lowest BCUT2D eigenvalue weighted by Gasteiger charge is -2.16. The second-order valence-corrected chi connectivity index (χ2v) is 7.22. The van der Waals surface area contributed by atoms with Crippen molar-refractivity contribution in [1.29, 1.82) is 0 Å². The summed E-state index contributed by atoms with van der Waals surface area (Å²) >= 11 is 10.7. The summed E-state index contributed by atoms with van der Waals surface area (Å²) in [6.07, 6.45) is 0.598. The lowest BCUT2D eigenvalue weighted by molar-refractivity contribution is -0.139. The molecule has 0 saturated heterocycles. The van der Waals surface area contributed by atoms with Crippen molar-refractivity contribution < 1.29 is 9.90 Å². The zero-order chi connectivity index (χ0) is 12.9. The average Bonchev–Trinajstić information content (AvgIpc) is 2.26. The summed E-state index contributed by atoms with van der Waals surface area (Å²) in [6, 6.07) is 7.70. The summed E-state index contributed by atoms with van der Waals surface area (Å²) in [5.74, 6) is 0.862. The Morgan fingerprint density at radius 2 is 2.06 bits per heavy atom. The van der Waals surface area contributed by atoms with Crippen molar-refractivity contribution in [3.63, 3.8) is 0 Å². The van der Waals surface area contributed by atoms with Crippen LogP contribution < -0.4 is 0 Å². The van der Waals surface area contributed by atoms with Gasteiger partial charge in [0.2, 0.25) is 0 Å². The van der Waals surface area contributed by atoms with Gasteiger partial charge in [-0.2, -0.15) is 11.8 Å². The fourth-order valence-electron chi connectivity index (χ4n) is 1.14. The lowest BCUT2D eigenvalue weighted by atomic mass is 10.1. The quantitative estimate of drug-likeness (QED) is 0.624. The van der Waals surface area contributed by atoms with Gasteiger partial charge in [-0.05, 0) is 36.8 Å². The largest absolute Gasteiger partial charge is 0.480 e. The monoisotopic (exact) mass is 336 g/mol. The number of rotatable bonds is 6. The molecular formula is C12H14BrClO2S. The summed E-state index contributed by atoms with van der Waals surface area (Å²) in [6.45, 7) is 1.68. The number of carbonyl (C=O) groups is 1. The molecule has 2 nitrogen and oxygen atoms in total. The van der Waals surface area contributed by atoms with Crippen LogP contribution in [0.5, 0.6) is 0 Å². The van der Waals surface area contributed by atoms with Crippen LogP contribution in [0.25, 0.3) is 0 Å². The molecule has 1 unspecified atom stereocenters. The third-order valence-electron chi connectivity index (χ3n) is 2.34. The SMILES string of the molecule is CC(Br)(CCSCc1ccc(Cl)cc1)C(=O)O. The Hall–Kier alpha value is -0.190. The topological polar surface area (TPSA) is 37.3 Å². The third kappa shape index (κ3) is 5.32. The van der Waals surface area contributed by atoms with Gasteiger partial charge in [-0.1, -0.05) is 39.7 Å². The Morgan fingerprint density at radius 3 is 2.59 bits per heavy atom. The zero-order valence-electron chi connectivity index (χ0n) is 9.45. The van der Waals surface area contributed by atoms with Crippen molar-refractivity contribution in [3.8, 4) is 0 Å². The summed E-state index contributed by atoms with van der Waals surface area (Å²) in [7, 11) is 0. The van der Waals surface area contributed by atoms with E-state index in [0.717, 1.165) is 16.5 Å². The highest BCUT2D eigenvalue weighted by molar-refractivity contribution is 9.10. The van der Waals surface area contributed by atoms with Crippen LogP contribution in [0.1, 0.15) is 18.9 Å². The maximum atomic E-state index is 10.9. The Kier molecular flexibility index (Phi) is 5.83. The second kappa shape index (κ2) is 6.66. The van der Waals surface area contributed by atoms with Crippen molar-refractivity contribution in [2.45, 2.75) is 23.4 Å². The fraction of sp³-hybridized carbons (Fsp3) is 0.417. The van der Waals surface area contributed by atoms with Gasteiger partial charge in [-0.15, -0.1) is 0 Å². The third-order valence-corrected chi connectivity index (χ3v) is 4.36. The van der Waals surface area contributed by atoms with Crippen molar-refractivity contribution >= 4 is 45.3 Å². The molecule has 0 aromatic heterocycles. The zero-order valence-corrected chi connectivity index (χ0v) is 12.6. The highest BCUT2D eigenvalue weighted by Gasteiger charge is 2.28. The second-order valence-electron chi connectivity index (χ2n) is 3.93. The summed E-state index contributed by atoms with van der Waals surface area (Å²) in [5.41, 5.74) is 1.20. The molecule has 1 atom stereocenters. The van der Waals surface area contributed by atoms with E-state index in [1.54, 1.807) is 18.7 Å². The van der Waals surface area contributed by atoms with Gasteiger partial charge in [0.1, 0.15) is 4.32 Å². The lowest BCUT2D eigenvalue weighted by Crippen LogP contribution is -2.28. The molecule has 0 heterocycles. The van der Waals surface area contributed by atoms with Crippen LogP contribution in [0, 0.1) is 0 Å². The van der Waals surface area contributed by atoms with Crippen LogP contribution in [0.3, 0.4) is 0 Å². The van der Waals surface area contributed by atoms with Gasteiger partial charge in [0, 0.05) is 10.8 Å². The smallest absolute Gasteiger partial charge is 0.320 e. The molecular weight excluding hydrogens is 324 g/mol. The molecule has 1 aromatic rings. The van der Waals surface area contributed by atoms with Crippen molar-refractivity contribution in [3.05, 3.63) is 34.9 Å². The molecule has 0 radical (unpaired) electrons. The summed E-state index contributed by atoms with van der Waals surface area (Å²) < 4.78 is -0.819. The molecule has 1 rings (SSSR count). The molecule has 0 bridgehead atoms. The standard InChI is InChI=1S/C12H14BrClO2S/c1-12(13,11(15)16)6-7-17-8-9-2-4-10(14)5-3-9/h2-5H,6-8H2,1H3,(H,15,16). The fourth-order valence-corrected chi connectivity index (χ4v) is 2.85. The Bertz CT molecular complexity index is 379. The molecule has 0 aliphatic heterocycles. The van der Waals surface area contributed by atoms with Gasteiger partial charge in [0.25, 0.3) is 0 Å². The predicted octanol–water partition coefficient (Wildman–Crippen LogP) is 4.20. The molecule has 0 aliphatic rings. The van der Waals surface area contributed by atoms with Gasteiger partial charge < -0.3 is 5.11 Å². The molecule has 1 aromatic carbocycles. The van der Waals surface area contributed by atoms with Gasteiger partial charge in [0.15, 0.2) is 0 Å². The van der Waals surface area contributed by atoms with Crippen LogP contribution in [0.15, 0.2) is 24.3 Å². The van der Waals surface area contributed by atoms with E-state index in [1.807, 2.05) is 24.3 Å². The van der Waals surface area contributed by atoms with Crippen LogP contribution >= 0.6 is 39.3 Å². The van der Waals surface area contributed by atoms with Crippen molar-refractivity contribution in [2.24, 2.45) is 0 Å². The number of alkyl halides is 1. The number of hydrogen-bond acceptors (Lipinski definition) is 2. The van der Waals surface area contributed by atoms with Crippen LogP contribution in [0.4, 0.5) is 0 Å². The Labute approximate surface area is 119 Å². The van der Waals surface area contributed by atoms with E-state index in [-0.39, 0.29) is 0 Å². The molecule has 0 aliphatic carbocycles. The number of thioether (sulfide) groups is 1. The first kappa shape index (κ1) is 14.9. The normalized spacial score (nSPS) is 14.3. The average molecular weight is 338 g/mol. The van der Waals surface area contributed by atoms with E-state index in [0.29, 0.717) is 6.42 Å². The molecule has 5 heteroatoms. The highest BCUT2D eigenvalue weighted by Crippen LogP contribution is 2.25. The molecule has 0 saturated carbocycles. The van der Waals surface area contributed by atoms with E-state index < -0.39 is 10.3 Å². The van der Waals surface area contributed by atoms with E-state index in [4.69, 9.17) is 16.7 Å². The minimum Gasteiger partial charge on any atom is -0.480 e. The molecule has 1 N–H and O–H groups in total. The van der Waals surface area contributed by atoms with E-state index in [2.05, 4.69) is 15.9 Å². The summed E-state index contributed by atoms with van der Waals surface area (Å²) in [4.78, 5) is 10.9. The molecule has 0 spiro atoms. The summed E-state index contributed by atoms with van der Waals surface area (Å²) in [5, 5.41) is 9.65. The first-order valence-corrected chi connectivity index (χ1v) is 7.49. The first-order chi connectivity index (χ1) is 7.92. The van der Waals surface area contributed by atoms with Crippen LogP contribution in [0.2, 0.25) is 5.02 Å². The molecule has 0 fully saturated rings. The van der Waals surface area contributed by atoms with Gasteiger partial charge >= 0.3 is 5.97 Å². The maximum Gasteiger partial charge on any atom is 0.320 e. The number of benzene rings is 1. The van der Waals surface area contributed by atoms with Gasteiger partial charge in [0.05, 0.1) is 0 Å². The number of carboxylic acids is 1. The minimum atomic E-state index is -0.819. The van der Waals surface area contributed by atoms with Gasteiger partial charge in [-0.25, -0.2) is 0 Å². The van der Waals surface area contributed by atoms with Gasteiger partial charge in [-0.3, -0.25) is 4.79 Å². The van der Waals surface area contributed by atoms with E-state index >= 15 is 0 Å². The van der Waals surface area contributed by atoms with E-state index in [1.165, 1.54) is 5.56 Å². The maximum absolute atomic E-state index is 10.9. The first-order valence-electron chi connectivity index (χ1n) is 5.16. The minimum absolute atomic E-state index is 0.598. The number of halogens is 2. The Morgan fingerprint density at radius 1 is 1.47 bits per heavy atom. The van der Waals surface area contributed by atoms with E-state index in [9.17, 15) is 4.79 Å². The molecule has 94 valence electrons.